The van der Waals surface area contributed by atoms with Crippen molar-refractivity contribution in [3.05, 3.63) is 10.6 Å². The van der Waals surface area contributed by atoms with Gasteiger partial charge in [-0.05, 0) is 15.9 Å². The second kappa shape index (κ2) is 4.62. The molecule has 0 saturated carbocycles. The van der Waals surface area contributed by atoms with Gasteiger partial charge in [-0.15, -0.1) is 24.0 Å². The van der Waals surface area contributed by atoms with E-state index >= 15 is 0 Å². The quantitative estimate of drug-likeness (QED) is 0.744. The number of hydrogen-bond acceptors (Lipinski definition) is 2. The normalized spacial score (nSPS) is 11.2. The molecule has 0 radical (unpaired) electrons. The lowest BCUT2D eigenvalue weighted by Crippen LogP contribution is -2.14. The third-order valence-corrected chi connectivity index (χ3v) is 2.22. The molecule has 1 heterocycles. The van der Waals surface area contributed by atoms with Crippen LogP contribution < -0.4 is 0 Å². The molecular weight excluding hydrogens is 277 g/mol. The van der Waals surface area contributed by atoms with Gasteiger partial charge in [0.2, 0.25) is 0 Å². The van der Waals surface area contributed by atoms with Gasteiger partial charge in [-0.25, -0.2) is 9.67 Å². The molecule has 1 aromatic heterocycles. The predicted octanol–water partition coefficient (Wildman–Crippen LogP) is 2.96. The zero-order valence-electron chi connectivity index (χ0n) is 7.71. The highest BCUT2D eigenvalue weighted by Gasteiger charge is 2.20. The fourth-order valence-corrected chi connectivity index (χ4v) is 1.40. The molecule has 0 amide bonds. The Kier molecular flexibility index (Phi) is 4.69. The number of aromatic nitrogens is 3. The maximum absolute atomic E-state index is 5.63. The van der Waals surface area contributed by atoms with Gasteiger partial charge in [0.1, 0.15) is 6.00 Å². The smallest absolute Gasteiger partial charge is 0.196 e. The Labute approximate surface area is 97.4 Å². The topological polar surface area (TPSA) is 30.7 Å². The van der Waals surface area contributed by atoms with E-state index in [1.807, 2.05) is 0 Å². The molecule has 76 valence electrons. The predicted molar refractivity (Wildman–Crippen MR) is 59.5 cm³/mol. The van der Waals surface area contributed by atoms with E-state index in [4.69, 9.17) is 11.6 Å². The Morgan fingerprint density at radius 3 is 2.23 bits per heavy atom. The molecule has 0 atom stereocenters. The highest BCUT2D eigenvalue weighted by Crippen LogP contribution is 2.20. The molecule has 13 heavy (non-hydrogen) atoms. The van der Waals surface area contributed by atoms with Gasteiger partial charge >= 0.3 is 0 Å². The van der Waals surface area contributed by atoms with Gasteiger partial charge < -0.3 is 0 Å². The van der Waals surface area contributed by atoms with Crippen molar-refractivity contribution in [3.63, 3.8) is 0 Å². The summed E-state index contributed by atoms with van der Waals surface area (Å²) in [4.78, 5) is 4.24. The lowest BCUT2D eigenvalue weighted by Gasteiger charge is -2.11. The molecule has 3 nitrogen and oxygen atoms in total. The summed E-state index contributed by atoms with van der Waals surface area (Å²) in [5.74, 6) is 0.801. The molecular formula is C7H12BrCl2N3. The Hall–Kier alpha value is 0.200. The van der Waals surface area contributed by atoms with Crippen molar-refractivity contribution in [2.24, 2.45) is 0 Å². The van der Waals surface area contributed by atoms with Crippen molar-refractivity contribution < 1.29 is 0 Å². The largest absolute Gasteiger partial charge is 0.225 e. The van der Waals surface area contributed by atoms with Crippen LogP contribution in [-0.4, -0.2) is 14.8 Å². The van der Waals surface area contributed by atoms with Crippen LogP contribution in [0.15, 0.2) is 4.73 Å². The summed E-state index contributed by atoms with van der Waals surface area (Å²) in [7, 11) is 0. The van der Waals surface area contributed by atoms with E-state index in [1.54, 1.807) is 4.68 Å². The summed E-state index contributed by atoms with van der Waals surface area (Å²) >= 11 is 8.90. The minimum atomic E-state index is -0.0279. The number of halogens is 3. The van der Waals surface area contributed by atoms with Crippen molar-refractivity contribution in [2.75, 3.05) is 0 Å². The fourth-order valence-electron chi connectivity index (χ4n) is 0.717. The zero-order valence-corrected chi connectivity index (χ0v) is 10.9. The second-order valence-corrected chi connectivity index (χ2v) is 4.52. The average molecular weight is 289 g/mol. The molecule has 6 heteroatoms. The van der Waals surface area contributed by atoms with Crippen molar-refractivity contribution in [1.82, 2.24) is 14.8 Å². The molecule has 0 saturated heterocycles. The van der Waals surface area contributed by atoms with Crippen LogP contribution in [0.1, 0.15) is 26.6 Å². The van der Waals surface area contributed by atoms with Gasteiger partial charge in [0.25, 0.3) is 0 Å². The maximum atomic E-state index is 5.63. The summed E-state index contributed by atoms with van der Waals surface area (Å²) in [6, 6.07) is 0.323. The molecule has 0 unspecified atom stereocenters. The van der Waals surface area contributed by atoms with Gasteiger partial charge in [-0.3, -0.25) is 0 Å². The lowest BCUT2D eigenvalue weighted by molar-refractivity contribution is 0.537. The Morgan fingerprint density at radius 2 is 2.00 bits per heavy atom. The van der Waals surface area contributed by atoms with Crippen LogP contribution in [0, 0.1) is 0 Å². The Bertz CT molecular complexity index is 280. The van der Waals surface area contributed by atoms with Gasteiger partial charge in [0.05, 0.1) is 0 Å². The van der Waals surface area contributed by atoms with E-state index in [9.17, 15) is 0 Å². The Morgan fingerprint density at radius 1 is 1.46 bits per heavy atom. The zero-order chi connectivity index (χ0) is 9.35. The molecule has 1 rings (SSSR count). The molecule has 0 bridgehead atoms. The van der Waals surface area contributed by atoms with Crippen molar-refractivity contribution in [3.8, 4) is 0 Å². The van der Waals surface area contributed by atoms with Crippen LogP contribution in [0.25, 0.3) is 0 Å². The molecule has 0 aromatic carbocycles. The molecule has 0 spiro atoms. The first-order valence-electron chi connectivity index (χ1n) is 3.62. The molecule has 0 aliphatic rings. The van der Waals surface area contributed by atoms with E-state index in [0.29, 0.717) is 10.7 Å². The van der Waals surface area contributed by atoms with Crippen molar-refractivity contribution in [2.45, 2.75) is 32.2 Å². The number of nitrogens with zero attached hydrogens (tertiary/aromatic N) is 3. The molecule has 0 fully saturated rings. The van der Waals surface area contributed by atoms with Crippen LogP contribution in [0.3, 0.4) is 0 Å². The highest BCUT2D eigenvalue weighted by molar-refractivity contribution is 9.10. The van der Waals surface area contributed by atoms with E-state index in [2.05, 4.69) is 46.8 Å². The van der Waals surface area contributed by atoms with E-state index in [-0.39, 0.29) is 17.8 Å². The van der Waals surface area contributed by atoms with E-state index < -0.39 is 0 Å². The van der Waals surface area contributed by atoms with E-state index in [0.717, 1.165) is 5.82 Å². The first-order chi connectivity index (χ1) is 5.45. The summed E-state index contributed by atoms with van der Waals surface area (Å²) in [6.45, 7) is 6.19. The second-order valence-electron chi connectivity index (χ2n) is 3.57. The van der Waals surface area contributed by atoms with Crippen LogP contribution in [0.4, 0.5) is 0 Å². The van der Waals surface area contributed by atoms with Crippen LogP contribution in [0.2, 0.25) is 0 Å². The molecule has 0 N–H and O–H groups in total. The maximum Gasteiger partial charge on any atom is 0.196 e. The van der Waals surface area contributed by atoms with Gasteiger partial charge in [-0.2, -0.15) is 5.10 Å². The first kappa shape index (κ1) is 13.2. The fraction of sp³-hybridized carbons (Fsp3) is 0.714. The summed E-state index contributed by atoms with van der Waals surface area (Å²) in [5, 5.41) is 4.23. The first-order valence-corrected chi connectivity index (χ1v) is 4.94. The summed E-state index contributed by atoms with van der Waals surface area (Å²) < 4.78 is 2.30. The molecule has 0 aliphatic heterocycles. The molecule has 1 aromatic rings. The van der Waals surface area contributed by atoms with Crippen LogP contribution >= 0.6 is 39.9 Å². The summed E-state index contributed by atoms with van der Waals surface area (Å²) in [6.07, 6.45) is 0. The third kappa shape index (κ3) is 3.11. The lowest BCUT2D eigenvalue weighted by atomic mass is 9.96. The SMILES string of the molecule is CC(C)(C)c1nc(Br)n(CCl)n1.Cl. The van der Waals surface area contributed by atoms with E-state index in [1.165, 1.54) is 0 Å². The van der Waals surface area contributed by atoms with Crippen LogP contribution in [0.5, 0.6) is 0 Å². The van der Waals surface area contributed by atoms with Crippen molar-refractivity contribution >= 4 is 39.9 Å². The highest BCUT2D eigenvalue weighted by atomic mass is 79.9. The monoisotopic (exact) mass is 287 g/mol. The number of alkyl halides is 1. The Balaban J connectivity index is 0.00000144. The van der Waals surface area contributed by atoms with Gasteiger partial charge in [-0.1, -0.05) is 20.8 Å². The van der Waals surface area contributed by atoms with Crippen molar-refractivity contribution in [1.29, 1.82) is 0 Å². The number of hydrogen-bond donors (Lipinski definition) is 0. The molecule has 0 aliphatic carbocycles. The standard InChI is InChI=1S/C7H11BrClN3.ClH/c1-7(2,3)5-10-6(8)12(4-9)11-5;/h4H2,1-3H3;1H. The number of rotatable bonds is 1. The van der Waals surface area contributed by atoms with Gasteiger partial charge in [0.15, 0.2) is 10.6 Å². The minimum absolute atomic E-state index is 0. The summed E-state index contributed by atoms with van der Waals surface area (Å²) in [5.41, 5.74) is -0.0279. The average Bonchev–Trinajstić information content (AvgIpc) is 2.29. The third-order valence-electron chi connectivity index (χ3n) is 1.41. The minimum Gasteiger partial charge on any atom is -0.225 e. The van der Waals surface area contributed by atoms with Crippen LogP contribution in [-0.2, 0) is 11.4 Å². The van der Waals surface area contributed by atoms with Gasteiger partial charge in [0, 0.05) is 5.41 Å².